The third-order valence-corrected chi connectivity index (χ3v) is 9.54. The predicted molar refractivity (Wildman–Crippen MR) is 151 cm³/mol. The van der Waals surface area contributed by atoms with Crippen molar-refractivity contribution in [3.8, 4) is 16.4 Å². The summed E-state index contributed by atoms with van der Waals surface area (Å²) in [5.41, 5.74) is 4.53. The van der Waals surface area contributed by atoms with Crippen LogP contribution in [0.15, 0.2) is 77.8 Å². The number of carbonyl (C=O) groups is 1. The molecule has 0 aliphatic carbocycles. The minimum absolute atomic E-state index is 0.0171. The summed E-state index contributed by atoms with van der Waals surface area (Å²) in [6.45, 7) is 4.39. The van der Waals surface area contributed by atoms with Crippen molar-refractivity contribution in [3.05, 3.63) is 89.6 Å². The molecule has 3 heterocycles. The van der Waals surface area contributed by atoms with Crippen LogP contribution >= 0.6 is 11.3 Å². The fourth-order valence-electron chi connectivity index (χ4n) is 4.40. The van der Waals surface area contributed by atoms with Crippen molar-refractivity contribution in [3.63, 3.8) is 0 Å². The predicted octanol–water partition coefficient (Wildman–Crippen LogP) is 5.00. The van der Waals surface area contributed by atoms with Gasteiger partial charge in [0.05, 0.1) is 27.3 Å². The molecule has 3 aromatic carbocycles. The fraction of sp³-hybridized carbons (Fsp3) is 0.179. The van der Waals surface area contributed by atoms with Crippen molar-refractivity contribution in [2.75, 3.05) is 25.2 Å². The van der Waals surface area contributed by atoms with Gasteiger partial charge in [0.2, 0.25) is 15.2 Å². The van der Waals surface area contributed by atoms with Crippen molar-refractivity contribution >= 4 is 43.2 Å². The molecule has 0 saturated carbocycles. The Bertz CT molecular complexity index is 1770. The lowest BCUT2D eigenvalue weighted by Gasteiger charge is -2.17. The van der Waals surface area contributed by atoms with Gasteiger partial charge in [-0.15, -0.1) is 0 Å². The molecule has 0 atom stereocenters. The van der Waals surface area contributed by atoms with Crippen LogP contribution in [-0.4, -0.2) is 53.3 Å². The van der Waals surface area contributed by atoms with Crippen LogP contribution in [0.25, 0.3) is 26.6 Å². The van der Waals surface area contributed by atoms with E-state index in [1.165, 1.54) is 21.7 Å². The number of benzene rings is 3. The molecule has 1 aliphatic heterocycles. The number of sulfonamides is 1. The Kier molecular flexibility index (Phi) is 6.51. The zero-order valence-electron chi connectivity index (χ0n) is 21.3. The van der Waals surface area contributed by atoms with Crippen LogP contribution in [0.5, 0.6) is 0 Å². The van der Waals surface area contributed by atoms with Crippen LogP contribution in [0.3, 0.4) is 0 Å². The number of nitrogens with zero attached hydrogens (tertiary/aromatic N) is 4. The average molecular weight is 560 g/mol. The van der Waals surface area contributed by atoms with E-state index in [4.69, 9.17) is 9.84 Å². The maximum absolute atomic E-state index is 13.6. The molecule has 0 spiro atoms. The Hall–Kier alpha value is -3.90. The third-order valence-electron chi connectivity index (χ3n) is 6.55. The number of rotatable bonds is 6. The standard InChI is InChI=1S/C28H25N5O4S2/c1-18-7-10-20(11-8-18)26-22(16-33(31-26)28-30-23-5-3-4-6-24(23)38-28)27(34)29-21-12-9-19(2)25(15-21)39(35,36)32-13-14-37-17-32/h3-12,15-16H,13-14,17H2,1-2H3,(H,29,34). The fourth-order valence-corrected chi connectivity index (χ4v) is 6.85. The van der Waals surface area contributed by atoms with E-state index in [9.17, 15) is 13.2 Å². The van der Waals surface area contributed by atoms with E-state index >= 15 is 0 Å². The van der Waals surface area contributed by atoms with Gasteiger partial charge in [-0.3, -0.25) is 4.79 Å². The van der Waals surface area contributed by atoms with Gasteiger partial charge in [0.25, 0.3) is 5.91 Å². The molecule has 39 heavy (non-hydrogen) atoms. The van der Waals surface area contributed by atoms with E-state index in [0.29, 0.717) is 40.8 Å². The van der Waals surface area contributed by atoms with Crippen LogP contribution in [0.4, 0.5) is 5.69 Å². The summed E-state index contributed by atoms with van der Waals surface area (Å²) in [5.74, 6) is -0.408. The van der Waals surface area contributed by atoms with Gasteiger partial charge >= 0.3 is 0 Å². The van der Waals surface area contributed by atoms with Crippen molar-refractivity contribution in [1.82, 2.24) is 19.1 Å². The normalized spacial score (nSPS) is 14.2. The first-order valence-electron chi connectivity index (χ1n) is 12.3. The molecule has 5 aromatic rings. The molecule has 0 unspecified atom stereocenters. The smallest absolute Gasteiger partial charge is 0.259 e. The first-order chi connectivity index (χ1) is 18.8. The second-order valence-corrected chi connectivity index (χ2v) is 12.2. The number of ether oxygens (including phenoxy) is 1. The van der Waals surface area contributed by atoms with E-state index < -0.39 is 15.9 Å². The molecule has 198 valence electrons. The number of hydrogen-bond donors (Lipinski definition) is 1. The summed E-state index contributed by atoms with van der Waals surface area (Å²) >= 11 is 1.48. The average Bonchev–Trinajstić information content (AvgIpc) is 3.70. The van der Waals surface area contributed by atoms with Crippen LogP contribution in [0.1, 0.15) is 21.5 Å². The summed E-state index contributed by atoms with van der Waals surface area (Å²) in [6, 6.07) is 20.5. The van der Waals surface area contributed by atoms with E-state index in [1.54, 1.807) is 29.9 Å². The van der Waals surface area contributed by atoms with Crippen molar-refractivity contribution in [1.29, 1.82) is 0 Å². The largest absolute Gasteiger partial charge is 0.364 e. The highest BCUT2D eigenvalue weighted by Gasteiger charge is 2.30. The number of aromatic nitrogens is 3. The zero-order chi connectivity index (χ0) is 27.1. The number of aryl methyl sites for hydroxylation is 2. The number of thiazole rings is 1. The Morgan fingerprint density at radius 2 is 1.85 bits per heavy atom. The lowest BCUT2D eigenvalue weighted by molar-refractivity contribution is 0.102. The first-order valence-corrected chi connectivity index (χ1v) is 14.6. The summed E-state index contributed by atoms with van der Waals surface area (Å²) in [5, 5.41) is 8.27. The highest BCUT2D eigenvalue weighted by atomic mass is 32.2. The summed E-state index contributed by atoms with van der Waals surface area (Å²) in [6.07, 6.45) is 1.66. The van der Waals surface area contributed by atoms with Gasteiger partial charge in [0.15, 0.2) is 0 Å². The van der Waals surface area contributed by atoms with Gasteiger partial charge in [0, 0.05) is 24.0 Å². The van der Waals surface area contributed by atoms with Crippen LogP contribution in [0, 0.1) is 13.8 Å². The second-order valence-electron chi connectivity index (χ2n) is 9.32. The minimum atomic E-state index is -3.76. The third kappa shape index (κ3) is 4.85. The van der Waals surface area contributed by atoms with Crippen molar-refractivity contribution in [2.45, 2.75) is 18.7 Å². The number of nitrogens with one attached hydrogen (secondary N) is 1. The number of fused-ring (bicyclic) bond motifs is 1. The molecule has 11 heteroatoms. The van der Waals surface area contributed by atoms with Crippen LogP contribution < -0.4 is 5.32 Å². The molecule has 6 rings (SSSR count). The SMILES string of the molecule is Cc1ccc(-c2nn(-c3nc4ccccc4s3)cc2C(=O)Nc2ccc(C)c(S(=O)(=O)N3CCOC3)c2)cc1. The van der Waals surface area contributed by atoms with Gasteiger partial charge in [-0.2, -0.15) is 9.40 Å². The molecule has 1 saturated heterocycles. The quantitative estimate of drug-likeness (QED) is 0.314. The summed E-state index contributed by atoms with van der Waals surface area (Å²) in [4.78, 5) is 18.4. The Balaban J connectivity index is 1.38. The van der Waals surface area contributed by atoms with E-state index in [1.807, 2.05) is 55.5 Å². The summed E-state index contributed by atoms with van der Waals surface area (Å²) < 4.78 is 35.5. The maximum Gasteiger partial charge on any atom is 0.259 e. The molecule has 1 fully saturated rings. The number of anilines is 1. The number of hydrogen-bond acceptors (Lipinski definition) is 7. The highest BCUT2D eigenvalue weighted by molar-refractivity contribution is 7.89. The molecule has 2 aromatic heterocycles. The number of amides is 1. The lowest BCUT2D eigenvalue weighted by Crippen LogP contribution is -2.29. The Morgan fingerprint density at radius 3 is 2.59 bits per heavy atom. The lowest BCUT2D eigenvalue weighted by atomic mass is 10.1. The second kappa shape index (κ2) is 10.0. The summed E-state index contributed by atoms with van der Waals surface area (Å²) in [7, 11) is -3.76. The molecular formula is C28H25N5O4S2. The van der Waals surface area contributed by atoms with Gasteiger partial charge in [-0.25, -0.2) is 18.1 Å². The molecule has 9 nitrogen and oxygen atoms in total. The molecule has 0 radical (unpaired) electrons. The van der Waals surface area contributed by atoms with Gasteiger partial charge in [-0.05, 0) is 43.7 Å². The van der Waals surface area contributed by atoms with Crippen molar-refractivity contribution < 1.29 is 17.9 Å². The van der Waals surface area contributed by atoms with Gasteiger partial charge in [-0.1, -0.05) is 59.4 Å². The number of carbonyl (C=O) groups excluding carboxylic acids is 1. The Labute approximate surface area is 229 Å². The van der Waals surface area contributed by atoms with Crippen LogP contribution in [-0.2, 0) is 14.8 Å². The Morgan fingerprint density at radius 1 is 1.05 bits per heavy atom. The molecular weight excluding hydrogens is 534 g/mol. The topological polar surface area (TPSA) is 106 Å². The van der Waals surface area contributed by atoms with Gasteiger partial charge < -0.3 is 10.1 Å². The van der Waals surface area contributed by atoms with E-state index in [0.717, 1.165) is 21.3 Å². The van der Waals surface area contributed by atoms with Crippen molar-refractivity contribution in [2.24, 2.45) is 0 Å². The molecule has 1 amide bonds. The minimum Gasteiger partial charge on any atom is -0.364 e. The van der Waals surface area contributed by atoms with Gasteiger partial charge in [0.1, 0.15) is 12.4 Å². The monoisotopic (exact) mass is 559 g/mol. The van der Waals surface area contributed by atoms with E-state index in [-0.39, 0.29) is 11.6 Å². The zero-order valence-corrected chi connectivity index (χ0v) is 22.9. The van der Waals surface area contributed by atoms with E-state index in [2.05, 4.69) is 10.3 Å². The molecule has 1 aliphatic rings. The first kappa shape index (κ1) is 25.4. The maximum atomic E-state index is 13.6. The highest BCUT2D eigenvalue weighted by Crippen LogP contribution is 2.30. The molecule has 0 bridgehead atoms. The number of para-hydroxylation sites is 1. The molecule has 1 N–H and O–H groups in total. The van der Waals surface area contributed by atoms with Crippen LogP contribution in [0.2, 0.25) is 0 Å².